The monoisotopic (exact) mass is 265 g/mol. The highest BCUT2D eigenvalue weighted by molar-refractivity contribution is 5.29. The molecule has 0 amide bonds. The third-order valence-electron chi connectivity index (χ3n) is 3.14. The maximum absolute atomic E-state index is 6.11. The van der Waals surface area contributed by atoms with Gasteiger partial charge in [0.15, 0.2) is 0 Å². The van der Waals surface area contributed by atoms with Crippen molar-refractivity contribution in [1.82, 2.24) is 0 Å². The minimum Gasteiger partial charge on any atom is -0.385 e. The molecule has 0 aliphatic rings. The van der Waals surface area contributed by atoms with E-state index in [4.69, 9.17) is 15.2 Å². The van der Waals surface area contributed by atoms with Gasteiger partial charge in [0, 0.05) is 20.3 Å². The van der Waals surface area contributed by atoms with Crippen LogP contribution in [-0.4, -0.2) is 26.9 Å². The second-order valence-electron chi connectivity index (χ2n) is 5.90. The second kappa shape index (κ2) is 7.63. The summed E-state index contributed by atoms with van der Waals surface area (Å²) in [5, 5.41) is 0. The van der Waals surface area contributed by atoms with Crippen molar-refractivity contribution in [2.75, 3.05) is 26.9 Å². The van der Waals surface area contributed by atoms with Crippen LogP contribution in [0.15, 0.2) is 24.3 Å². The summed E-state index contributed by atoms with van der Waals surface area (Å²) in [5.41, 5.74) is 8.74. The van der Waals surface area contributed by atoms with Crippen LogP contribution in [0.25, 0.3) is 0 Å². The molecule has 0 aromatic heterocycles. The van der Waals surface area contributed by atoms with E-state index in [9.17, 15) is 0 Å². The molecular formula is C16H27NO2. The Labute approximate surface area is 117 Å². The summed E-state index contributed by atoms with van der Waals surface area (Å²) in [4.78, 5) is 0. The van der Waals surface area contributed by atoms with Crippen LogP contribution in [0.3, 0.4) is 0 Å². The Morgan fingerprint density at radius 1 is 1.11 bits per heavy atom. The van der Waals surface area contributed by atoms with Crippen molar-refractivity contribution in [2.45, 2.75) is 38.6 Å². The zero-order valence-corrected chi connectivity index (χ0v) is 12.6. The van der Waals surface area contributed by atoms with E-state index >= 15 is 0 Å². The van der Waals surface area contributed by atoms with E-state index in [-0.39, 0.29) is 11.5 Å². The van der Waals surface area contributed by atoms with Gasteiger partial charge in [-0.1, -0.05) is 45.0 Å². The van der Waals surface area contributed by atoms with Gasteiger partial charge in [-0.05, 0) is 23.0 Å². The van der Waals surface area contributed by atoms with Gasteiger partial charge in [0.25, 0.3) is 0 Å². The molecule has 0 radical (unpaired) electrons. The van der Waals surface area contributed by atoms with Crippen molar-refractivity contribution >= 4 is 0 Å². The molecule has 0 fully saturated rings. The Balaban J connectivity index is 2.42. The van der Waals surface area contributed by atoms with Gasteiger partial charge in [0.2, 0.25) is 0 Å². The predicted molar refractivity (Wildman–Crippen MR) is 79.4 cm³/mol. The minimum absolute atomic E-state index is 0.0587. The Morgan fingerprint density at radius 3 is 2.26 bits per heavy atom. The molecule has 3 nitrogen and oxygen atoms in total. The lowest BCUT2D eigenvalue weighted by Gasteiger charge is -2.20. The van der Waals surface area contributed by atoms with E-state index in [1.54, 1.807) is 7.11 Å². The Kier molecular flexibility index (Phi) is 6.49. The summed E-state index contributed by atoms with van der Waals surface area (Å²) in [6.07, 6.45) is 0.909. The van der Waals surface area contributed by atoms with Gasteiger partial charge >= 0.3 is 0 Å². The third kappa shape index (κ3) is 5.72. The summed E-state index contributed by atoms with van der Waals surface area (Å²) in [6, 6.07) is 8.45. The van der Waals surface area contributed by atoms with Crippen molar-refractivity contribution in [2.24, 2.45) is 5.73 Å². The van der Waals surface area contributed by atoms with E-state index < -0.39 is 0 Å². The standard InChI is InChI=1S/C16H27NO2/c1-16(2,3)14-8-6-13(7-9-14)15(17)12-19-11-5-10-18-4/h6-9,15H,5,10-12,17H2,1-4H3. The van der Waals surface area contributed by atoms with Gasteiger partial charge in [0.05, 0.1) is 12.6 Å². The highest BCUT2D eigenvalue weighted by Crippen LogP contribution is 2.23. The smallest absolute Gasteiger partial charge is 0.0659 e. The molecule has 0 aliphatic carbocycles. The second-order valence-corrected chi connectivity index (χ2v) is 5.90. The number of rotatable bonds is 7. The number of benzene rings is 1. The third-order valence-corrected chi connectivity index (χ3v) is 3.14. The van der Waals surface area contributed by atoms with E-state index in [0.717, 1.165) is 18.6 Å². The normalized spacial score (nSPS) is 13.5. The minimum atomic E-state index is -0.0587. The average molecular weight is 265 g/mol. The summed E-state index contributed by atoms with van der Waals surface area (Å²) < 4.78 is 10.5. The summed E-state index contributed by atoms with van der Waals surface area (Å²) in [7, 11) is 1.70. The van der Waals surface area contributed by atoms with Crippen LogP contribution in [0.1, 0.15) is 44.4 Å². The summed E-state index contributed by atoms with van der Waals surface area (Å²) in [5.74, 6) is 0. The quantitative estimate of drug-likeness (QED) is 0.771. The lowest BCUT2D eigenvalue weighted by molar-refractivity contribution is 0.0940. The largest absolute Gasteiger partial charge is 0.385 e. The molecular weight excluding hydrogens is 238 g/mol. The van der Waals surface area contributed by atoms with Crippen LogP contribution in [-0.2, 0) is 14.9 Å². The first-order valence-corrected chi connectivity index (χ1v) is 6.88. The molecule has 1 aromatic carbocycles. The Morgan fingerprint density at radius 2 is 1.74 bits per heavy atom. The van der Waals surface area contributed by atoms with Crippen LogP contribution in [0.2, 0.25) is 0 Å². The molecule has 1 unspecified atom stereocenters. The van der Waals surface area contributed by atoms with Crippen molar-refractivity contribution in [3.63, 3.8) is 0 Å². The lowest BCUT2D eigenvalue weighted by Crippen LogP contribution is -2.18. The maximum atomic E-state index is 6.11. The van der Waals surface area contributed by atoms with Crippen LogP contribution < -0.4 is 5.73 Å². The van der Waals surface area contributed by atoms with Gasteiger partial charge in [0.1, 0.15) is 0 Å². The first-order chi connectivity index (χ1) is 8.95. The maximum Gasteiger partial charge on any atom is 0.0659 e. The molecule has 0 saturated heterocycles. The van der Waals surface area contributed by atoms with Gasteiger partial charge in [-0.15, -0.1) is 0 Å². The van der Waals surface area contributed by atoms with Crippen molar-refractivity contribution in [1.29, 1.82) is 0 Å². The van der Waals surface area contributed by atoms with E-state index in [2.05, 4.69) is 45.0 Å². The Bertz CT molecular complexity index is 354. The zero-order chi connectivity index (χ0) is 14.3. The number of ether oxygens (including phenoxy) is 2. The fourth-order valence-corrected chi connectivity index (χ4v) is 1.84. The van der Waals surface area contributed by atoms with Crippen molar-refractivity contribution in [3.05, 3.63) is 35.4 Å². The van der Waals surface area contributed by atoms with E-state index in [1.165, 1.54) is 5.56 Å². The number of methoxy groups -OCH3 is 1. The first kappa shape index (κ1) is 16.2. The molecule has 1 rings (SSSR count). The van der Waals surface area contributed by atoms with E-state index in [1.807, 2.05) is 0 Å². The van der Waals surface area contributed by atoms with Gasteiger partial charge in [-0.3, -0.25) is 0 Å². The van der Waals surface area contributed by atoms with Gasteiger partial charge in [-0.25, -0.2) is 0 Å². The molecule has 0 bridgehead atoms. The van der Waals surface area contributed by atoms with Crippen molar-refractivity contribution in [3.8, 4) is 0 Å². The van der Waals surface area contributed by atoms with Crippen molar-refractivity contribution < 1.29 is 9.47 Å². The molecule has 0 spiro atoms. The summed E-state index contributed by atoms with van der Waals surface area (Å²) >= 11 is 0. The molecule has 108 valence electrons. The van der Waals surface area contributed by atoms with Crippen LogP contribution in [0.5, 0.6) is 0 Å². The topological polar surface area (TPSA) is 44.5 Å². The molecule has 2 N–H and O–H groups in total. The molecule has 0 heterocycles. The van der Waals surface area contributed by atoms with Crippen LogP contribution >= 0.6 is 0 Å². The molecule has 0 aliphatic heterocycles. The molecule has 19 heavy (non-hydrogen) atoms. The Hall–Kier alpha value is -0.900. The molecule has 3 heteroatoms. The van der Waals surface area contributed by atoms with E-state index in [0.29, 0.717) is 13.2 Å². The zero-order valence-electron chi connectivity index (χ0n) is 12.6. The van der Waals surface area contributed by atoms with Gasteiger partial charge in [-0.2, -0.15) is 0 Å². The highest BCUT2D eigenvalue weighted by Gasteiger charge is 2.14. The fraction of sp³-hybridized carbons (Fsp3) is 0.625. The van der Waals surface area contributed by atoms with Gasteiger partial charge < -0.3 is 15.2 Å². The highest BCUT2D eigenvalue weighted by atomic mass is 16.5. The van der Waals surface area contributed by atoms with Crippen LogP contribution in [0, 0.1) is 0 Å². The predicted octanol–water partition coefficient (Wildman–Crippen LogP) is 3.04. The van der Waals surface area contributed by atoms with Crippen LogP contribution in [0.4, 0.5) is 0 Å². The average Bonchev–Trinajstić information content (AvgIpc) is 2.37. The lowest BCUT2D eigenvalue weighted by atomic mass is 9.86. The SMILES string of the molecule is COCCCOCC(N)c1ccc(C(C)(C)C)cc1. The molecule has 0 saturated carbocycles. The molecule has 1 aromatic rings. The fourth-order valence-electron chi connectivity index (χ4n) is 1.84. The number of nitrogens with two attached hydrogens (primary N) is 1. The molecule has 1 atom stereocenters. The first-order valence-electron chi connectivity index (χ1n) is 6.88. The summed E-state index contributed by atoms with van der Waals surface area (Å²) in [6.45, 7) is 8.61. The number of hydrogen-bond donors (Lipinski definition) is 1. The number of hydrogen-bond acceptors (Lipinski definition) is 3.